The van der Waals surface area contributed by atoms with Crippen molar-refractivity contribution < 1.29 is 9.18 Å². The number of carbonyl (C=O) groups excluding carboxylic acids is 1. The van der Waals surface area contributed by atoms with Crippen molar-refractivity contribution in [2.24, 2.45) is 5.41 Å². The second-order valence-electron chi connectivity index (χ2n) is 8.77. The van der Waals surface area contributed by atoms with E-state index in [1.807, 2.05) is 0 Å². The summed E-state index contributed by atoms with van der Waals surface area (Å²) in [5, 5.41) is 6.76. The monoisotopic (exact) mass is 408 g/mol. The Morgan fingerprint density at radius 3 is 2.28 bits per heavy atom. The molecule has 0 radical (unpaired) electrons. The summed E-state index contributed by atoms with van der Waals surface area (Å²) < 4.78 is 13.2. The van der Waals surface area contributed by atoms with Crippen LogP contribution in [-0.2, 0) is 17.6 Å². The van der Waals surface area contributed by atoms with E-state index in [4.69, 9.17) is 12.2 Å². The zero-order valence-corrected chi connectivity index (χ0v) is 17.5. The summed E-state index contributed by atoms with van der Waals surface area (Å²) >= 11 is 5.60. The number of halogens is 1. The summed E-state index contributed by atoms with van der Waals surface area (Å²) in [7, 11) is 0. The van der Waals surface area contributed by atoms with Crippen LogP contribution in [0.2, 0.25) is 0 Å². The molecule has 2 aliphatic carbocycles. The number of fused-ring (bicyclic) bond motifs is 1. The van der Waals surface area contributed by atoms with Gasteiger partial charge >= 0.3 is 0 Å². The molecule has 0 amide bonds. The molecule has 2 aliphatic rings. The van der Waals surface area contributed by atoms with Crippen LogP contribution in [0.4, 0.5) is 10.1 Å². The Labute approximate surface area is 176 Å². The lowest BCUT2D eigenvalue weighted by molar-refractivity contribution is -0.117. The number of allylic oxidation sites excluding steroid dienone is 1. The summed E-state index contributed by atoms with van der Waals surface area (Å²) in [6, 6.07) is 14.7. The molecule has 5 heteroatoms. The third-order valence-electron chi connectivity index (χ3n) is 5.63. The van der Waals surface area contributed by atoms with Crippen LogP contribution in [-0.4, -0.2) is 16.8 Å². The number of rotatable bonds is 4. The first kappa shape index (κ1) is 19.8. The Hall–Kier alpha value is -2.53. The highest BCUT2D eigenvalue weighted by Gasteiger charge is 2.36. The van der Waals surface area contributed by atoms with E-state index in [0.717, 1.165) is 25.0 Å². The topological polar surface area (TPSA) is 41.1 Å². The zero-order valence-electron chi connectivity index (χ0n) is 16.7. The highest BCUT2D eigenvalue weighted by Crippen LogP contribution is 2.37. The second-order valence-corrected chi connectivity index (χ2v) is 9.18. The van der Waals surface area contributed by atoms with Gasteiger partial charge in [0.15, 0.2) is 5.78 Å². The van der Waals surface area contributed by atoms with Crippen LogP contribution in [0, 0.1) is 11.2 Å². The minimum absolute atomic E-state index is 0.0545. The predicted molar refractivity (Wildman–Crippen MR) is 118 cm³/mol. The Kier molecular flexibility index (Phi) is 5.26. The van der Waals surface area contributed by atoms with Crippen molar-refractivity contribution in [1.29, 1.82) is 0 Å². The number of carbonyl (C=O) groups is 1. The van der Waals surface area contributed by atoms with Gasteiger partial charge in [-0.15, -0.1) is 0 Å². The lowest BCUT2D eigenvalue weighted by atomic mass is 9.75. The fourth-order valence-corrected chi connectivity index (χ4v) is 4.70. The molecule has 150 valence electrons. The van der Waals surface area contributed by atoms with Crippen molar-refractivity contribution in [3.8, 4) is 0 Å². The van der Waals surface area contributed by atoms with Crippen LogP contribution >= 0.6 is 12.2 Å². The molecular weight excluding hydrogens is 383 g/mol. The standard InChI is InChI=1S/C24H25FN2OS/c1-24(2)13-20(26-19-11-15-5-3-4-6-16(15)12-19)22(21(28)14-24)23(29)27-18-9-7-17(25)8-10-18/h3-10,19,26H,11-14H2,1-2H3,(H,27,29). The van der Waals surface area contributed by atoms with Gasteiger partial charge in [0.05, 0.1) is 5.57 Å². The zero-order chi connectivity index (χ0) is 20.6. The van der Waals surface area contributed by atoms with Crippen LogP contribution in [0.15, 0.2) is 59.8 Å². The predicted octanol–water partition coefficient (Wildman–Crippen LogP) is 4.97. The smallest absolute Gasteiger partial charge is 0.168 e. The van der Waals surface area contributed by atoms with Crippen LogP contribution in [0.25, 0.3) is 0 Å². The lowest BCUT2D eigenvalue weighted by Crippen LogP contribution is -2.39. The van der Waals surface area contributed by atoms with Crippen molar-refractivity contribution in [2.75, 3.05) is 5.32 Å². The second kappa shape index (κ2) is 7.71. The van der Waals surface area contributed by atoms with Gasteiger partial charge in [-0.2, -0.15) is 0 Å². The molecule has 0 fully saturated rings. The summed E-state index contributed by atoms with van der Waals surface area (Å²) in [5.41, 5.74) is 4.78. The highest BCUT2D eigenvalue weighted by atomic mass is 32.1. The number of ketones is 1. The minimum Gasteiger partial charge on any atom is -0.384 e. The quantitative estimate of drug-likeness (QED) is 0.701. The largest absolute Gasteiger partial charge is 0.384 e. The van der Waals surface area contributed by atoms with Crippen LogP contribution in [0.5, 0.6) is 0 Å². The van der Waals surface area contributed by atoms with Crippen LogP contribution < -0.4 is 10.6 Å². The molecule has 0 bridgehead atoms. The van der Waals surface area contributed by atoms with E-state index in [9.17, 15) is 9.18 Å². The minimum atomic E-state index is -0.306. The Balaban J connectivity index is 1.59. The molecular formula is C24H25FN2OS. The highest BCUT2D eigenvalue weighted by molar-refractivity contribution is 7.81. The molecule has 29 heavy (non-hydrogen) atoms. The van der Waals surface area contributed by atoms with Gasteiger partial charge in [-0.3, -0.25) is 4.79 Å². The molecule has 0 heterocycles. The molecule has 0 aromatic heterocycles. The third-order valence-corrected chi connectivity index (χ3v) is 5.94. The molecule has 0 saturated carbocycles. The number of hydrogen-bond acceptors (Lipinski definition) is 3. The van der Waals surface area contributed by atoms with Crippen molar-refractivity contribution >= 4 is 28.7 Å². The number of benzene rings is 2. The van der Waals surface area contributed by atoms with E-state index in [0.29, 0.717) is 22.7 Å². The van der Waals surface area contributed by atoms with E-state index >= 15 is 0 Å². The fourth-order valence-electron chi connectivity index (χ4n) is 4.34. The van der Waals surface area contributed by atoms with Gasteiger partial charge < -0.3 is 10.6 Å². The van der Waals surface area contributed by atoms with Crippen molar-refractivity contribution in [3.05, 3.63) is 76.7 Å². The van der Waals surface area contributed by atoms with Crippen molar-refractivity contribution in [2.45, 2.75) is 45.6 Å². The summed E-state index contributed by atoms with van der Waals surface area (Å²) in [5.74, 6) is -0.252. The van der Waals surface area contributed by atoms with Crippen LogP contribution in [0.1, 0.15) is 37.8 Å². The number of Topliss-reactive ketones (excluding diaryl/α,β-unsaturated/α-hetero) is 1. The van der Waals surface area contributed by atoms with Gasteiger partial charge in [-0.1, -0.05) is 50.3 Å². The average Bonchev–Trinajstić information content (AvgIpc) is 3.04. The Morgan fingerprint density at radius 2 is 1.66 bits per heavy atom. The van der Waals surface area contributed by atoms with Gasteiger partial charge in [0, 0.05) is 23.8 Å². The molecule has 2 aromatic rings. The number of hydrogen-bond donors (Lipinski definition) is 2. The normalized spacial score (nSPS) is 18.5. The molecule has 2 aromatic carbocycles. The first-order valence-electron chi connectivity index (χ1n) is 9.97. The summed E-state index contributed by atoms with van der Waals surface area (Å²) in [4.78, 5) is 13.4. The molecule has 4 rings (SSSR count). The first-order chi connectivity index (χ1) is 13.8. The Bertz CT molecular complexity index is 969. The fraction of sp³-hybridized carbons (Fsp3) is 0.333. The van der Waals surface area contributed by atoms with Crippen molar-refractivity contribution in [1.82, 2.24) is 5.32 Å². The van der Waals surface area contributed by atoms with Gasteiger partial charge in [0.2, 0.25) is 0 Å². The summed E-state index contributed by atoms with van der Waals surface area (Å²) in [6.45, 7) is 4.23. The lowest BCUT2D eigenvalue weighted by Gasteiger charge is -2.34. The number of nitrogens with one attached hydrogen (secondary N) is 2. The van der Waals surface area contributed by atoms with E-state index in [-0.39, 0.29) is 23.1 Å². The van der Waals surface area contributed by atoms with E-state index in [1.54, 1.807) is 12.1 Å². The maximum absolute atomic E-state index is 13.2. The van der Waals surface area contributed by atoms with E-state index < -0.39 is 0 Å². The maximum atomic E-state index is 13.2. The third kappa shape index (κ3) is 4.40. The molecule has 3 nitrogen and oxygen atoms in total. The molecule has 2 N–H and O–H groups in total. The molecule has 0 saturated heterocycles. The molecule has 0 unspecified atom stereocenters. The average molecular weight is 409 g/mol. The van der Waals surface area contributed by atoms with Crippen LogP contribution in [0.3, 0.4) is 0 Å². The molecule has 0 aliphatic heterocycles. The van der Waals surface area contributed by atoms with Crippen molar-refractivity contribution in [3.63, 3.8) is 0 Å². The van der Waals surface area contributed by atoms with Gasteiger partial charge in [-0.25, -0.2) is 4.39 Å². The SMILES string of the molecule is CC1(C)CC(=O)C(C(=S)Nc2ccc(F)cc2)=C(NC2Cc3ccccc3C2)C1. The number of anilines is 1. The summed E-state index contributed by atoms with van der Waals surface area (Å²) in [6.07, 6.45) is 3.12. The van der Waals surface area contributed by atoms with E-state index in [1.165, 1.54) is 23.3 Å². The van der Waals surface area contributed by atoms with E-state index in [2.05, 4.69) is 48.7 Å². The molecule has 0 spiro atoms. The molecule has 0 atom stereocenters. The Morgan fingerprint density at radius 1 is 1.03 bits per heavy atom. The van der Waals surface area contributed by atoms with Gasteiger partial charge in [-0.05, 0) is 60.1 Å². The van der Waals surface area contributed by atoms with Gasteiger partial charge in [0.1, 0.15) is 10.8 Å². The van der Waals surface area contributed by atoms with Gasteiger partial charge in [0.25, 0.3) is 0 Å². The number of thiocarbonyl (C=S) groups is 1. The maximum Gasteiger partial charge on any atom is 0.168 e. The first-order valence-corrected chi connectivity index (χ1v) is 10.4.